The van der Waals surface area contributed by atoms with Crippen LogP contribution in [0.2, 0.25) is 0 Å². The maximum absolute atomic E-state index is 11.8. The first-order valence-electron chi connectivity index (χ1n) is 6.07. The molecule has 0 fully saturated rings. The van der Waals surface area contributed by atoms with Gasteiger partial charge in [0.2, 0.25) is 5.91 Å². The molecule has 1 aromatic carbocycles. The van der Waals surface area contributed by atoms with E-state index >= 15 is 0 Å². The van der Waals surface area contributed by atoms with Crippen molar-refractivity contribution in [2.75, 3.05) is 13.7 Å². The second-order valence-corrected chi connectivity index (χ2v) is 3.99. The highest BCUT2D eigenvalue weighted by Gasteiger charge is 2.18. The number of ether oxygens (including phenoxy) is 1. The van der Waals surface area contributed by atoms with Gasteiger partial charge in [-0.1, -0.05) is 19.1 Å². The quantitative estimate of drug-likeness (QED) is 0.785. The zero-order valence-corrected chi connectivity index (χ0v) is 11.1. The van der Waals surface area contributed by atoms with E-state index in [0.717, 1.165) is 17.9 Å². The van der Waals surface area contributed by atoms with Crippen LogP contribution in [0.1, 0.15) is 38.8 Å². The first-order chi connectivity index (χ1) is 8.13. The van der Waals surface area contributed by atoms with Crippen molar-refractivity contribution in [1.82, 2.24) is 4.90 Å². The fraction of sp³-hybridized carbons (Fsp3) is 0.500. The zero-order valence-electron chi connectivity index (χ0n) is 11.1. The van der Waals surface area contributed by atoms with E-state index in [1.165, 1.54) is 0 Å². The van der Waals surface area contributed by atoms with Gasteiger partial charge in [0, 0.05) is 13.0 Å². The molecule has 1 aromatic rings. The number of hydrogen-bond donors (Lipinski definition) is 0. The molecule has 0 aliphatic carbocycles. The van der Waals surface area contributed by atoms with Gasteiger partial charge in [-0.2, -0.15) is 0 Å². The molecule has 1 atom stereocenters. The van der Waals surface area contributed by atoms with Gasteiger partial charge in [0.15, 0.2) is 0 Å². The lowest BCUT2D eigenvalue weighted by molar-refractivity contribution is -0.132. The molecule has 0 aliphatic rings. The first-order valence-corrected chi connectivity index (χ1v) is 6.07. The average Bonchev–Trinajstić information content (AvgIpc) is 2.39. The van der Waals surface area contributed by atoms with E-state index in [4.69, 9.17) is 4.74 Å². The van der Waals surface area contributed by atoms with Crippen LogP contribution in [0.15, 0.2) is 24.3 Å². The maximum atomic E-state index is 11.8. The van der Waals surface area contributed by atoms with Gasteiger partial charge in [0.1, 0.15) is 5.75 Å². The minimum absolute atomic E-state index is 0.0857. The molecule has 0 bridgehead atoms. The molecule has 1 amide bonds. The SMILES string of the molecule is CCC(=O)N(CC)C(C)c1cccc(OC)c1. The molecule has 0 aliphatic heterocycles. The molecule has 0 saturated carbocycles. The van der Waals surface area contributed by atoms with Gasteiger partial charge < -0.3 is 9.64 Å². The molecule has 3 heteroatoms. The molecular weight excluding hydrogens is 214 g/mol. The fourth-order valence-corrected chi connectivity index (χ4v) is 1.95. The highest BCUT2D eigenvalue weighted by atomic mass is 16.5. The van der Waals surface area contributed by atoms with Crippen LogP contribution in [-0.2, 0) is 4.79 Å². The van der Waals surface area contributed by atoms with Crippen molar-refractivity contribution in [2.45, 2.75) is 33.2 Å². The molecule has 0 heterocycles. The lowest BCUT2D eigenvalue weighted by atomic mass is 10.1. The Labute approximate surface area is 103 Å². The predicted octanol–water partition coefficient (Wildman–Crippen LogP) is 3.01. The molecule has 0 N–H and O–H groups in total. The minimum Gasteiger partial charge on any atom is -0.497 e. The minimum atomic E-state index is 0.0857. The predicted molar refractivity (Wildman–Crippen MR) is 69.1 cm³/mol. The van der Waals surface area contributed by atoms with E-state index in [0.29, 0.717) is 6.42 Å². The van der Waals surface area contributed by atoms with Crippen molar-refractivity contribution in [3.63, 3.8) is 0 Å². The van der Waals surface area contributed by atoms with Crippen molar-refractivity contribution < 1.29 is 9.53 Å². The van der Waals surface area contributed by atoms with Crippen LogP contribution in [0.25, 0.3) is 0 Å². The summed E-state index contributed by atoms with van der Waals surface area (Å²) >= 11 is 0. The van der Waals surface area contributed by atoms with E-state index in [1.54, 1.807) is 7.11 Å². The van der Waals surface area contributed by atoms with Crippen LogP contribution in [0.3, 0.4) is 0 Å². The normalized spacial score (nSPS) is 12.0. The highest BCUT2D eigenvalue weighted by molar-refractivity contribution is 5.76. The number of benzene rings is 1. The molecular formula is C14H21NO2. The number of amides is 1. The van der Waals surface area contributed by atoms with E-state index in [1.807, 2.05) is 49.9 Å². The summed E-state index contributed by atoms with van der Waals surface area (Å²) in [5, 5.41) is 0. The Morgan fingerprint density at radius 2 is 2.12 bits per heavy atom. The number of carbonyl (C=O) groups is 1. The summed E-state index contributed by atoms with van der Waals surface area (Å²) in [6, 6.07) is 7.96. The van der Waals surface area contributed by atoms with Crippen molar-refractivity contribution in [1.29, 1.82) is 0 Å². The Hall–Kier alpha value is -1.51. The van der Waals surface area contributed by atoms with Crippen LogP contribution < -0.4 is 4.74 Å². The molecule has 1 unspecified atom stereocenters. The van der Waals surface area contributed by atoms with Crippen LogP contribution in [0, 0.1) is 0 Å². The molecule has 0 radical (unpaired) electrons. The Kier molecular flexibility index (Phi) is 5.01. The number of carbonyl (C=O) groups excluding carboxylic acids is 1. The van der Waals surface area contributed by atoms with Gasteiger partial charge in [0.25, 0.3) is 0 Å². The standard InChI is InChI=1S/C14H21NO2/c1-5-14(16)15(6-2)11(3)12-8-7-9-13(10-12)17-4/h7-11H,5-6H2,1-4H3. The molecule has 3 nitrogen and oxygen atoms in total. The Balaban J connectivity index is 2.92. The summed E-state index contributed by atoms with van der Waals surface area (Å²) in [5.74, 6) is 1.01. The van der Waals surface area contributed by atoms with Gasteiger partial charge >= 0.3 is 0 Å². The number of methoxy groups -OCH3 is 1. The van der Waals surface area contributed by atoms with Gasteiger partial charge in [-0.05, 0) is 31.5 Å². The average molecular weight is 235 g/mol. The second-order valence-electron chi connectivity index (χ2n) is 3.99. The first kappa shape index (κ1) is 13.6. The van der Waals surface area contributed by atoms with E-state index in [9.17, 15) is 4.79 Å². The third-order valence-electron chi connectivity index (χ3n) is 3.01. The maximum Gasteiger partial charge on any atom is 0.222 e. The highest BCUT2D eigenvalue weighted by Crippen LogP contribution is 2.24. The summed E-state index contributed by atoms with van der Waals surface area (Å²) in [5.41, 5.74) is 1.10. The summed E-state index contributed by atoms with van der Waals surface area (Å²) in [6.07, 6.45) is 0.544. The lowest BCUT2D eigenvalue weighted by Gasteiger charge is -2.28. The smallest absolute Gasteiger partial charge is 0.222 e. The van der Waals surface area contributed by atoms with Gasteiger partial charge in [0.05, 0.1) is 13.2 Å². The summed E-state index contributed by atoms with van der Waals surface area (Å²) < 4.78 is 5.20. The van der Waals surface area contributed by atoms with Crippen molar-refractivity contribution in [2.24, 2.45) is 0 Å². The number of nitrogens with zero attached hydrogens (tertiary/aromatic N) is 1. The van der Waals surface area contributed by atoms with Crippen LogP contribution in [-0.4, -0.2) is 24.5 Å². The van der Waals surface area contributed by atoms with E-state index < -0.39 is 0 Å². The Morgan fingerprint density at radius 1 is 1.41 bits per heavy atom. The van der Waals surface area contributed by atoms with Crippen LogP contribution in [0.4, 0.5) is 0 Å². The van der Waals surface area contributed by atoms with Gasteiger partial charge in [-0.25, -0.2) is 0 Å². The fourth-order valence-electron chi connectivity index (χ4n) is 1.95. The van der Waals surface area contributed by atoms with Crippen LogP contribution in [0.5, 0.6) is 5.75 Å². The summed E-state index contributed by atoms with van der Waals surface area (Å²) in [4.78, 5) is 13.7. The van der Waals surface area contributed by atoms with Crippen LogP contribution >= 0.6 is 0 Å². The largest absolute Gasteiger partial charge is 0.497 e. The third kappa shape index (κ3) is 3.22. The monoisotopic (exact) mass is 235 g/mol. The molecule has 0 spiro atoms. The Bertz CT molecular complexity index is 376. The molecule has 1 rings (SSSR count). The summed E-state index contributed by atoms with van der Waals surface area (Å²) in [6.45, 7) is 6.67. The molecule has 94 valence electrons. The van der Waals surface area contributed by atoms with E-state index in [2.05, 4.69) is 0 Å². The second kappa shape index (κ2) is 6.28. The lowest BCUT2D eigenvalue weighted by Crippen LogP contribution is -2.32. The Morgan fingerprint density at radius 3 is 2.65 bits per heavy atom. The number of rotatable bonds is 5. The number of hydrogen-bond acceptors (Lipinski definition) is 2. The van der Waals surface area contributed by atoms with Gasteiger partial charge in [-0.15, -0.1) is 0 Å². The molecule has 0 saturated heterocycles. The van der Waals surface area contributed by atoms with Crippen molar-refractivity contribution in [3.8, 4) is 5.75 Å². The molecule has 17 heavy (non-hydrogen) atoms. The van der Waals surface area contributed by atoms with Crippen molar-refractivity contribution in [3.05, 3.63) is 29.8 Å². The topological polar surface area (TPSA) is 29.5 Å². The van der Waals surface area contributed by atoms with E-state index in [-0.39, 0.29) is 11.9 Å². The van der Waals surface area contributed by atoms with Crippen molar-refractivity contribution >= 4 is 5.91 Å². The molecule has 0 aromatic heterocycles. The third-order valence-corrected chi connectivity index (χ3v) is 3.01. The summed E-state index contributed by atoms with van der Waals surface area (Å²) in [7, 11) is 1.65. The zero-order chi connectivity index (χ0) is 12.8. The van der Waals surface area contributed by atoms with Gasteiger partial charge in [-0.3, -0.25) is 4.79 Å².